The molecule has 1 N–H and O–H groups in total. The Morgan fingerprint density at radius 3 is 2.55 bits per heavy atom. The molecule has 7 heteroatoms. The zero-order chi connectivity index (χ0) is 21.6. The van der Waals surface area contributed by atoms with Crippen molar-refractivity contribution >= 4 is 17.5 Å². The lowest BCUT2D eigenvalue weighted by Gasteiger charge is -2.16. The number of rotatable bonds is 7. The van der Waals surface area contributed by atoms with Crippen LogP contribution in [0.15, 0.2) is 78.4 Å². The summed E-state index contributed by atoms with van der Waals surface area (Å²) in [7, 11) is 0. The van der Waals surface area contributed by atoms with Gasteiger partial charge in [-0.15, -0.1) is 0 Å². The Hall–Kier alpha value is -3.74. The van der Waals surface area contributed by atoms with Gasteiger partial charge in [-0.25, -0.2) is 9.99 Å². The number of nitrogens with one attached hydrogen (secondary N) is 1. The van der Waals surface area contributed by atoms with Crippen molar-refractivity contribution in [3.05, 3.63) is 84.4 Å². The molecule has 1 aliphatic rings. The molecule has 158 valence electrons. The van der Waals surface area contributed by atoms with Gasteiger partial charge in [-0.3, -0.25) is 9.59 Å². The van der Waals surface area contributed by atoms with Crippen LogP contribution >= 0.6 is 0 Å². The molecule has 0 unspecified atom stereocenters. The number of carbonyl (C=O) groups excluding carboxylic acids is 2. The van der Waals surface area contributed by atoms with E-state index in [2.05, 4.69) is 15.4 Å². The second-order valence-electron chi connectivity index (χ2n) is 7.53. The van der Waals surface area contributed by atoms with Crippen LogP contribution in [-0.4, -0.2) is 38.6 Å². The van der Waals surface area contributed by atoms with E-state index in [9.17, 15) is 9.59 Å². The molecule has 1 aliphatic heterocycles. The maximum absolute atomic E-state index is 12.5. The highest BCUT2D eigenvalue weighted by Gasteiger charge is 2.22. The number of benzene rings is 2. The molecule has 0 spiro atoms. The highest BCUT2D eigenvalue weighted by Crippen LogP contribution is 2.17. The number of hydrogen-bond donors (Lipinski definition) is 1. The van der Waals surface area contributed by atoms with Crippen LogP contribution in [0, 0.1) is 0 Å². The van der Waals surface area contributed by atoms with Crippen molar-refractivity contribution in [3.8, 4) is 5.69 Å². The van der Waals surface area contributed by atoms with Crippen molar-refractivity contribution < 1.29 is 9.59 Å². The minimum Gasteiger partial charge on any atom is -0.350 e. The highest BCUT2D eigenvalue weighted by molar-refractivity contribution is 6.02. The lowest BCUT2D eigenvalue weighted by molar-refractivity contribution is -0.133. The number of imidazole rings is 1. The molecule has 1 aromatic heterocycles. The molecule has 0 fully saturated rings. The first-order chi connectivity index (χ1) is 15.1. The van der Waals surface area contributed by atoms with Gasteiger partial charge in [0.1, 0.15) is 0 Å². The summed E-state index contributed by atoms with van der Waals surface area (Å²) < 4.78 is 1.92. The Morgan fingerprint density at radius 1 is 1.06 bits per heavy atom. The van der Waals surface area contributed by atoms with Crippen LogP contribution in [0.5, 0.6) is 0 Å². The van der Waals surface area contributed by atoms with Crippen LogP contribution in [0.3, 0.4) is 0 Å². The molecule has 2 heterocycles. The summed E-state index contributed by atoms with van der Waals surface area (Å²) >= 11 is 0. The van der Waals surface area contributed by atoms with Gasteiger partial charge in [-0.1, -0.05) is 42.5 Å². The van der Waals surface area contributed by atoms with Crippen molar-refractivity contribution in [2.45, 2.75) is 32.2 Å². The minimum atomic E-state index is -0.147. The molecule has 2 amide bonds. The molecular formula is C24H25N5O2. The second kappa shape index (κ2) is 9.38. The fourth-order valence-corrected chi connectivity index (χ4v) is 3.56. The van der Waals surface area contributed by atoms with Gasteiger partial charge in [-0.2, -0.15) is 5.10 Å². The van der Waals surface area contributed by atoms with Gasteiger partial charge in [0.05, 0.1) is 24.6 Å². The molecule has 0 bridgehead atoms. The molecule has 0 aliphatic carbocycles. The topological polar surface area (TPSA) is 79.6 Å². The van der Waals surface area contributed by atoms with Gasteiger partial charge in [-0.05, 0) is 30.2 Å². The third-order valence-electron chi connectivity index (χ3n) is 5.34. The summed E-state index contributed by atoms with van der Waals surface area (Å²) in [5.41, 5.74) is 3.95. The van der Waals surface area contributed by atoms with Crippen LogP contribution in [0.25, 0.3) is 5.69 Å². The highest BCUT2D eigenvalue weighted by atomic mass is 16.2. The average molecular weight is 415 g/mol. The second-order valence-corrected chi connectivity index (χ2v) is 7.53. The molecule has 31 heavy (non-hydrogen) atoms. The number of nitrogens with zero attached hydrogens (tertiary/aromatic N) is 4. The summed E-state index contributed by atoms with van der Waals surface area (Å²) in [5.74, 6) is -0.274. The summed E-state index contributed by atoms with van der Waals surface area (Å²) in [5, 5.41) is 8.88. The Kier molecular flexibility index (Phi) is 6.21. The predicted octanol–water partition coefficient (Wildman–Crippen LogP) is 3.47. The number of carbonyl (C=O) groups is 2. The van der Waals surface area contributed by atoms with E-state index in [-0.39, 0.29) is 30.7 Å². The zero-order valence-corrected chi connectivity index (χ0v) is 17.4. The standard InChI is InChI=1S/C24H25N5O2/c1-18(19-7-9-21(10-8-19)28-16-14-25-17-28)26-23(30)11-12-24(31)29-15-13-22(27-29)20-5-3-2-4-6-20/h2-10,14,16-18H,11-13,15H2,1H3,(H,26,30)/t18-/m1/s1. The summed E-state index contributed by atoms with van der Waals surface area (Å²) in [4.78, 5) is 28.9. The van der Waals surface area contributed by atoms with Crippen molar-refractivity contribution in [1.29, 1.82) is 0 Å². The zero-order valence-electron chi connectivity index (χ0n) is 17.4. The SMILES string of the molecule is C[C@@H](NC(=O)CCC(=O)N1CCC(c2ccccc2)=N1)c1ccc(-n2ccnc2)cc1. The lowest BCUT2D eigenvalue weighted by atomic mass is 10.1. The number of hydrogen-bond acceptors (Lipinski definition) is 4. The predicted molar refractivity (Wildman–Crippen MR) is 119 cm³/mol. The number of aromatic nitrogens is 2. The molecular weight excluding hydrogens is 390 g/mol. The minimum absolute atomic E-state index is 0.126. The molecule has 3 aromatic rings. The monoisotopic (exact) mass is 415 g/mol. The van der Waals surface area contributed by atoms with Crippen LogP contribution in [0.1, 0.15) is 43.4 Å². The Bertz CT molecular complexity index is 1060. The molecule has 0 saturated carbocycles. The molecule has 0 radical (unpaired) electrons. The van der Waals surface area contributed by atoms with Crippen LogP contribution in [-0.2, 0) is 9.59 Å². The van der Waals surface area contributed by atoms with Crippen molar-refractivity contribution in [2.24, 2.45) is 5.10 Å². The van der Waals surface area contributed by atoms with E-state index in [1.54, 1.807) is 12.5 Å². The summed E-state index contributed by atoms with van der Waals surface area (Å²) in [6, 6.07) is 17.6. The smallest absolute Gasteiger partial charge is 0.243 e. The normalized spacial score (nSPS) is 14.2. The van der Waals surface area contributed by atoms with Gasteiger partial charge < -0.3 is 9.88 Å². The van der Waals surface area contributed by atoms with E-state index < -0.39 is 0 Å². The van der Waals surface area contributed by atoms with Gasteiger partial charge in [0, 0.05) is 37.3 Å². The van der Waals surface area contributed by atoms with E-state index >= 15 is 0 Å². The van der Waals surface area contributed by atoms with Gasteiger partial charge in [0.15, 0.2) is 0 Å². The first-order valence-electron chi connectivity index (χ1n) is 10.4. The molecule has 0 saturated heterocycles. The third-order valence-corrected chi connectivity index (χ3v) is 5.34. The molecule has 7 nitrogen and oxygen atoms in total. The van der Waals surface area contributed by atoms with Gasteiger partial charge in [0.25, 0.3) is 0 Å². The average Bonchev–Trinajstić information content (AvgIpc) is 3.51. The van der Waals surface area contributed by atoms with E-state index in [1.165, 1.54) is 5.01 Å². The maximum atomic E-state index is 12.5. The fraction of sp³-hybridized carbons (Fsp3) is 0.250. The Labute approximate surface area is 181 Å². The van der Waals surface area contributed by atoms with E-state index in [0.717, 1.165) is 28.9 Å². The first kappa shape index (κ1) is 20.5. The maximum Gasteiger partial charge on any atom is 0.243 e. The Morgan fingerprint density at radius 2 is 1.84 bits per heavy atom. The number of amides is 2. The summed E-state index contributed by atoms with van der Waals surface area (Å²) in [6.45, 7) is 2.49. The van der Waals surface area contributed by atoms with Gasteiger partial charge >= 0.3 is 0 Å². The van der Waals surface area contributed by atoms with Crippen LogP contribution < -0.4 is 5.32 Å². The molecule has 1 atom stereocenters. The van der Waals surface area contributed by atoms with E-state index in [4.69, 9.17) is 0 Å². The van der Waals surface area contributed by atoms with Crippen LogP contribution in [0.4, 0.5) is 0 Å². The lowest BCUT2D eigenvalue weighted by Crippen LogP contribution is -2.29. The van der Waals surface area contributed by atoms with Crippen molar-refractivity contribution in [1.82, 2.24) is 19.9 Å². The fourth-order valence-electron chi connectivity index (χ4n) is 3.56. The van der Waals surface area contributed by atoms with Crippen molar-refractivity contribution in [3.63, 3.8) is 0 Å². The Balaban J connectivity index is 1.26. The van der Waals surface area contributed by atoms with E-state index in [1.807, 2.05) is 72.3 Å². The first-order valence-corrected chi connectivity index (χ1v) is 10.4. The number of hydrazone groups is 1. The summed E-state index contributed by atoms with van der Waals surface area (Å²) in [6.07, 6.45) is 6.36. The third kappa shape index (κ3) is 5.06. The van der Waals surface area contributed by atoms with E-state index in [0.29, 0.717) is 6.54 Å². The molecule has 2 aromatic carbocycles. The van der Waals surface area contributed by atoms with Crippen LogP contribution in [0.2, 0.25) is 0 Å². The van der Waals surface area contributed by atoms with Gasteiger partial charge in [0.2, 0.25) is 11.8 Å². The quantitative estimate of drug-likeness (QED) is 0.642. The largest absolute Gasteiger partial charge is 0.350 e. The molecule has 4 rings (SSSR count). The van der Waals surface area contributed by atoms with Crippen molar-refractivity contribution in [2.75, 3.05) is 6.54 Å².